The van der Waals surface area contributed by atoms with E-state index in [2.05, 4.69) is 0 Å². The second kappa shape index (κ2) is 30.8. The van der Waals surface area contributed by atoms with Crippen LogP contribution in [0.25, 0.3) is 42.8 Å². The number of hydrogen-bond acceptors (Lipinski definition) is 23. The van der Waals surface area contributed by atoms with Crippen LogP contribution >= 0.6 is 22.7 Å². The van der Waals surface area contributed by atoms with Gasteiger partial charge in [-0.2, -0.15) is 7.11 Å². The molecular weight excluding hydrogens is 1050 g/mol. The molecule has 2 aliphatic rings. The molecule has 0 radical (unpaired) electrons. The quantitative estimate of drug-likeness (QED) is 0.0571. The van der Waals surface area contributed by atoms with E-state index in [1.54, 1.807) is 36.4 Å². The molecule has 0 saturated carbocycles. The SMILES string of the molecule is CC(=O)OC[C@H]1O[C@@H](Oc2ccc3cc(-c4cccs4)c(=O)oc3c2)[C@H](OC(C)=O)[C@@H](OC(C)=O)[C@H]1OC(C)=O.CF.CF.C[O-].O=c1oc2cc(O[C@@H]3O[C@H](CO)[C@H](O)[C@H](O)[C@H]3O)ccc2cc1-c1cccs1.[Na+]. The van der Waals surface area contributed by atoms with Crippen LogP contribution < -0.4 is 55.4 Å². The van der Waals surface area contributed by atoms with Crippen molar-refractivity contribution >= 4 is 68.5 Å². The van der Waals surface area contributed by atoms with Crippen LogP contribution in [0.4, 0.5) is 8.78 Å². The summed E-state index contributed by atoms with van der Waals surface area (Å²) in [6.45, 7) is 3.61. The van der Waals surface area contributed by atoms with Gasteiger partial charge in [0.25, 0.3) is 0 Å². The fourth-order valence-corrected chi connectivity index (χ4v) is 8.71. The van der Waals surface area contributed by atoms with Gasteiger partial charge >= 0.3 is 64.7 Å². The zero-order valence-electron chi connectivity index (χ0n) is 41.6. The van der Waals surface area contributed by atoms with E-state index < -0.39 is 110 Å². The number of aliphatic hydroxyl groups excluding tert-OH is 4. The Labute approximate surface area is 456 Å². The molecule has 75 heavy (non-hydrogen) atoms. The van der Waals surface area contributed by atoms with E-state index in [0.29, 0.717) is 36.3 Å². The minimum absolute atomic E-state index is 0. The average molecular weight is 1100 g/mol. The molecule has 21 nitrogen and oxygen atoms in total. The third-order valence-corrected chi connectivity index (χ3v) is 12.1. The summed E-state index contributed by atoms with van der Waals surface area (Å²) in [6, 6.07) is 20.2. The number of benzene rings is 2. The molecule has 4 aromatic heterocycles. The Morgan fingerprint density at radius 1 is 0.587 bits per heavy atom. The van der Waals surface area contributed by atoms with Crippen LogP contribution in [0.2, 0.25) is 0 Å². The van der Waals surface area contributed by atoms with E-state index in [0.717, 1.165) is 37.6 Å². The van der Waals surface area contributed by atoms with E-state index in [1.165, 1.54) is 41.7 Å². The summed E-state index contributed by atoms with van der Waals surface area (Å²) in [5.74, 6) is -2.53. The molecule has 0 unspecified atom stereocenters. The van der Waals surface area contributed by atoms with Crippen LogP contribution in [0.5, 0.6) is 11.5 Å². The van der Waals surface area contributed by atoms with Crippen LogP contribution in [-0.2, 0) is 47.6 Å². The smallest absolute Gasteiger partial charge is 0.857 e. The van der Waals surface area contributed by atoms with Crippen molar-refractivity contribution in [1.29, 1.82) is 0 Å². The van der Waals surface area contributed by atoms with Gasteiger partial charge in [-0.3, -0.25) is 28.0 Å². The minimum atomic E-state index is -1.54. The van der Waals surface area contributed by atoms with Crippen molar-refractivity contribution in [2.45, 2.75) is 89.1 Å². The zero-order valence-corrected chi connectivity index (χ0v) is 45.2. The van der Waals surface area contributed by atoms with Gasteiger partial charge in [0, 0.05) is 60.4 Å². The summed E-state index contributed by atoms with van der Waals surface area (Å²) in [5, 5.41) is 52.3. The molecule has 0 amide bonds. The summed E-state index contributed by atoms with van der Waals surface area (Å²) >= 11 is 2.84. The second-order valence-corrected chi connectivity index (χ2v) is 17.1. The number of rotatable bonds is 12. The van der Waals surface area contributed by atoms with Gasteiger partial charge in [0.05, 0.1) is 32.1 Å². The number of fused-ring (bicyclic) bond motifs is 2. The van der Waals surface area contributed by atoms with Crippen LogP contribution in [0.1, 0.15) is 27.7 Å². The summed E-state index contributed by atoms with van der Waals surface area (Å²) in [5.41, 5.74) is 0.348. The summed E-state index contributed by atoms with van der Waals surface area (Å²) in [7, 11) is 1.75. The van der Waals surface area contributed by atoms with Gasteiger partial charge in [-0.25, -0.2) is 9.59 Å². The van der Waals surface area contributed by atoms with Crippen LogP contribution in [0.15, 0.2) is 102 Å². The molecule has 6 aromatic rings. The van der Waals surface area contributed by atoms with Crippen molar-refractivity contribution in [2.24, 2.45) is 0 Å². The monoisotopic (exact) mass is 1100 g/mol. The Morgan fingerprint density at radius 2 is 1.03 bits per heavy atom. The van der Waals surface area contributed by atoms with Crippen molar-refractivity contribution in [3.8, 4) is 32.4 Å². The average Bonchev–Trinajstić information content (AvgIpc) is 4.13. The third-order valence-electron chi connectivity index (χ3n) is 10.3. The summed E-state index contributed by atoms with van der Waals surface area (Å²) in [6.07, 6.45) is -13.6. The number of carbonyl (C=O) groups is 4. The molecule has 2 aliphatic heterocycles. The number of aliphatic hydroxyl groups is 4. The zero-order chi connectivity index (χ0) is 54.8. The van der Waals surface area contributed by atoms with Gasteiger partial charge in [-0.05, 0) is 59.3 Å². The van der Waals surface area contributed by atoms with Gasteiger partial charge in [-0.15, -0.1) is 22.7 Å². The number of ether oxygens (including phenoxy) is 8. The summed E-state index contributed by atoms with van der Waals surface area (Å²) < 4.78 is 73.9. The predicted octanol–water partition coefficient (Wildman–Crippen LogP) is 0.836. The topological polar surface area (TPSA) is 307 Å². The first-order valence-corrected chi connectivity index (χ1v) is 23.6. The predicted molar refractivity (Wildman–Crippen MR) is 259 cm³/mol. The molecule has 2 fully saturated rings. The largest absolute Gasteiger partial charge is 1.00 e. The van der Waals surface area contributed by atoms with Gasteiger partial charge in [-0.1, -0.05) is 12.1 Å². The van der Waals surface area contributed by atoms with Crippen LogP contribution in [-0.4, -0.2) is 140 Å². The van der Waals surface area contributed by atoms with E-state index >= 15 is 0 Å². The Balaban J connectivity index is 0.000000371. The van der Waals surface area contributed by atoms with E-state index in [4.69, 9.17) is 51.8 Å². The van der Waals surface area contributed by atoms with Gasteiger partial charge in [0.2, 0.25) is 18.7 Å². The molecular formula is C49H53F2NaO21S2. The fourth-order valence-electron chi connectivity index (χ4n) is 7.25. The molecule has 10 atom stereocenters. The Bertz CT molecular complexity index is 2880. The molecule has 402 valence electrons. The van der Waals surface area contributed by atoms with Crippen molar-refractivity contribution in [2.75, 3.05) is 34.7 Å². The standard InChI is InChI=1S/C27H26O12S.C19H18O8S.2CH3F.CH3O.Na/c1-13(28)33-12-21-23(34-14(2)29)24(35-15(3)30)25(36-16(4)31)27(39-21)37-18-8-7-17-10-19(22-6-5-9-40-22)26(32)38-20(17)11-18;20-8-13-15(21)16(22)17(23)19(27-13)25-10-4-3-9-6-11(14-2-1-5-28-14)18(24)26-12(9)7-10;3*1-2;/h5-11,21,23-25,27H,12H2,1-4H3;1-7,13,15-17,19-23H,8H2;3*1H3;/q;;;;-1;+1/t21-,23+,24+,25-,27-;13-,15+,16+,17-,19-;;;;/m11..../s1. The van der Waals surface area contributed by atoms with E-state index in [1.807, 2.05) is 35.0 Å². The first-order valence-electron chi connectivity index (χ1n) is 21.8. The number of hydrogen-bond donors (Lipinski definition) is 4. The molecule has 8 rings (SSSR count). The van der Waals surface area contributed by atoms with Gasteiger partial charge in [0.1, 0.15) is 59.8 Å². The first-order chi connectivity index (χ1) is 35.5. The number of halogens is 2. The third kappa shape index (κ3) is 16.9. The maximum Gasteiger partial charge on any atom is 1.00 e. The van der Waals surface area contributed by atoms with Gasteiger partial charge < -0.3 is 72.3 Å². The van der Waals surface area contributed by atoms with E-state index in [-0.39, 0.29) is 52.2 Å². The molecule has 0 spiro atoms. The molecule has 26 heteroatoms. The molecule has 2 aromatic carbocycles. The summed E-state index contributed by atoms with van der Waals surface area (Å²) in [4.78, 5) is 73.9. The molecule has 0 bridgehead atoms. The Hall–Kier alpha value is -5.68. The normalized spacial score (nSPS) is 22.5. The molecule has 6 heterocycles. The van der Waals surface area contributed by atoms with Crippen molar-refractivity contribution in [1.82, 2.24) is 0 Å². The number of thiophene rings is 2. The van der Waals surface area contributed by atoms with Crippen LogP contribution in [0, 0.1) is 0 Å². The first kappa shape index (κ1) is 63.6. The minimum Gasteiger partial charge on any atom is -0.857 e. The molecule has 0 aliphatic carbocycles. The van der Waals surface area contributed by atoms with Gasteiger partial charge in [0.15, 0.2) is 12.2 Å². The Morgan fingerprint density at radius 3 is 1.45 bits per heavy atom. The maximum absolute atomic E-state index is 12.6. The number of alkyl halides is 2. The second-order valence-electron chi connectivity index (χ2n) is 15.2. The van der Waals surface area contributed by atoms with Crippen molar-refractivity contribution in [3.63, 3.8) is 0 Å². The van der Waals surface area contributed by atoms with Crippen molar-refractivity contribution in [3.05, 3.63) is 104 Å². The molecule has 4 N–H and O–H groups in total. The number of esters is 4. The van der Waals surface area contributed by atoms with Crippen molar-refractivity contribution < 1.29 is 130 Å². The fraction of sp³-hybridized carbons (Fsp3) is 0.388. The van der Waals surface area contributed by atoms with Crippen LogP contribution in [0.3, 0.4) is 0 Å². The number of carbonyl (C=O) groups excluding carboxylic acids is 4. The van der Waals surface area contributed by atoms with E-state index in [9.17, 15) is 58.0 Å². The Kier molecular flexibility index (Phi) is 26.1. The maximum atomic E-state index is 12.6. The molecule has 2 saturated heterocycles.